The normalized spacial score (nSPS) is 12.7. The second-order valence-electron chi connectivity index (χ2n) is 22.4. The largest absolute Gasteiger partial charge is 0.462 e. The van der Waals surface area contributed by atoms with Gasteiger partial charge in [0.05, 0.1) is 0 Å². The van der Waals surface area contributed by atoms with Crippen molar-refractivity contribution in [3.8, 4) is 0 Å². The first-order valence-corrected chi connectivity index (χ1v) is 33.7. The smallest absolute Gasteiger partial charge is 0.306 e. The molecule has 0 amide bonds. The standard InChI is InChI=1S/C73H126O6/c1-4-7-10-13-15-17-19-21-23-25-27-29-30-31-32-33-34-35-36-37-38-39-40-41-42-44-45-47-49-51-53-55-57-60-63-66-72(75)78-69-70(68-77-71(74)65-62-59-12-9-6-3)79-73(76)67-64-61-58-56-54-52-50-48-46-43-28-26-24-22-20-18-16-14-11-8-5-2/h7,10,15,17,20-23,26-29,31-32,34-35,70H,4-6,8-9,11-14,16,18-19,24-25,30,33,36-69H2,1-3H3/b10-7-,17-15-,22-20-,23-21-,28-26-,29-27-,32-31-,35-34-. The molecule has 6 nitrogen and oxygen atoms in total. The van der Waals surface area contributed by atoms with E-state index in [9.17, 15) is 14.4 Å². The average Bonchev–Trinajstić information content (AvgIpc) is 3.45. The third-order valence-corrected chi connectivity index (χ3v) is 14.6. The quantitative estimate of drug-likeness (QED) is 0.0261. The van der Waals surface area contributed by atoms with Gasteiger partial charge in [-0.2, -0.15) is 0 Å². The number of allylic oxidation sites excluding steroid dienone is 16. The molecule has 0 bridgehead atoms. The third-order valence-electron chi connectivity index (χ3n) is 14.6. The molecular weight excluding hydrogens is 973 g/mol. The molecular formula is C73H126O6. The first-order valence-electron chi connectivity index (χ1n) is 33.7. The number of carbonyl (C=O) groups excluding carboxylic acids is 3. The zero-order valence-electron chi connectivity index (χ0n) is 52.1. The topological polar surface area (TPSA) is 78.9 Å². The van der Waals surface area contributed by atoms with E-state index in [0.29, 0.717) is 19.3 Å². The Kier molecular flexibility index (Phi) is 63.7. The Morgan fingerprint density at radius 1 is 0.266 bits per heavy atom. The highest BCUT2D eigenvalue weighted by Crippen LogP contribution is 2.17. The van der Waals surface area contributed by atoms with Crippen molar-refractivity contribution < 1.29 is 28.6 Å². The van der Waals surface area contributed by atoms with Crippen LogP contribution in [-0.4, -0.2) is 37.2 Å². The van der Waals surface area contributed by atoms with Gasteiger partial charge >= 0.3 is 17.9 Å². The maximum atomic E-state index is 12.8. The Labute approximate surface area is 489 Å². The second-order valence-corrected chi connectivity index (χ2v) is 22.4. The van der Waals surface area contributed by atoms with Crippen LogP contribution in [0, 0.1) is 0 Å². The number of esters is 3. The summed E-state index contributed by atoms with van der Waals surface area (Å²) in [6.07, 6.45) is 90.5. The molecule has 0 aromatic carbocycles. The minimum atomic E-state index is -0.775. The van der Waals surface area contributed by atoms with Crippen LogP contribution < -0.4 is 0 Å². The van der Waals surface area contributed by atoms with Gasteiger partial charge in [-0.3, -0.25) is 14.4 Å². The maximum absolute atomic E-state index is 12.8. The number of hydrogen-bond acceptors (Lipinski definition) is 6. The number of unbranched alkanes of at least 4 members (excludes halogenated alkanes) is 34. The zero-order valence-corrected chi connectivity index (χ0v) is 52.1. The molecule has 1 atom stereocenters. The average molecular weight is 1100 g/mol. The van der Waals surface area contributed by atoms with E-state index in [1.807, 2.05) is 0 Å². The maximum Gasteiger partial charge on any atom is 0.306 e. The van der Waals surface area contributed by atoms with Gasteiger partial charge < -0.3 is 14.2 Å². The molecule has 0 aliphatic rings. The summed E-state index contributed by atoms with van der Waals surface area (Å²) in [4.78, 5) is 38.0. The van der Waals surface area contributed by atoms with Crippen LogP contribution in [0.1, 0.15) is 329 Å². The first-order chi connectivity index (χ1) is 39.0. The summed E-state index contributed by atoms with van der Waals surface area (Å²) in [6.45, 7) is 6.46. The van der Waals surface area contributed by atoms with Crippen LogP contribution in [-0.2, 0) is 28.6 Å². The predicted molar refractivity (Wildman–Crippen MR) is 344 cm³/mol. The van der Waals surface area contributed by atoms with Crippen LogP contribution in [0.3, 0.4) is 0 Å². The molecule has 0 aromatic heterocycles. The summed E-state index contributed by atoms with van der Waals surface area (Å²) < 4.78 is 16.8. The van der Waals surface area contributed by atoms with E-state index >= 15 is 0 Å². The molecule has 0 radical (unpaired) electrons. The fourth-order valence-electron chi connectivity index (χ4n) is 9.54. The van der Waals surface area contributed by atoms with Gasteiger partial charge in [0, 0.05) is 19.3 Å². The Hall–Kier alpha value is -3.67. The molecule has 0 fully saturated rings. The number of rotatable bonds is 61. The molecule has 0 spiro atoms. The lowest BCUT2D eigenvalue weighted by Gasteiger charge is -2.18. The first kappa shape index (κ1) is 75.3. The van der Waals surface area contributed by atoms with Gasteiger partial charge in [-0.05, 0) is 103 Å². The van der Waals surface area contributed by atoms with Gasteiger partial charge in [-0.15, -0.1) is 0 Å². The molecule has 0 rings (SSSR count). The van der Waals surface area contributed by atoms with Crippen molar-refractivity contribution >= 4 is 17.9 Å². The lowest BCUT2D eigenvalue weighted by molar-refractivity contribution is -0.167. The molecule has 0 saturated heterocycles. The van der Waals surface area contributed by atoms with Gasteiger partial charge in [0.1, 0.15) is 13.2 Å². The van der Waals surface area contributed by atoms with Crippen molar-refractivity contribution in [1.82, 2.24) is 0 Å². The van der Waals surface area contributed by atoms with E-state index in [4.69, 9.17) is 14.2 Å². The summed E-state index contributed by atoms with van der Waals surface area (Å²) in [5, 5.41) is 0. The molecule has 79 heavy (non-hydrogen) atoms. The Bertz CT molecular complexity index is 1540. The number of hydrogen-bond donors (Lipinski definition) is 0. The van der Waals surface area contributed by atoms with Gasteiger partial charge in [-0.1, -0.05) is 304 Å². The zero-order chi connectivity index (χ0) is 57.1. The van der Waals surface area contributed by atoms with Crippen LogP contribution in [0.25, 0.3) is 0 Å². The van der Waals surface area contributed by atoms with Crippen LogP contribution in [0.4, 0.5) is 0 Å². The minimum Gasteiger partial charge on any atom is -0.462 e. The van der Waals surface area contributed by atoms with Crippen LogP contribution in [0.2, 0.25) is 0 Å². The van der Waals surface area contributed by atoms with Gasteiger partial charge in [0.15, 0.2) is 6.10 Å². The third kappa shape index (κ3) is 65.0. The monoisotopic (exact) mass is 1100 g/mol. The van der Waals surface area contributed by atoms with E-state index in [0.717, 1.165) is 109 Å². The summed E-state index contributed by atoms with van der Waals surface area (Å²) in [5.41, 5.74) is 0. The number of ether oxygens (including phenoxy) is 3. The molecule has 0 aliphatic carbocycles. The lowest BCUT2D eigenvalue weighted by atomic mass is 10.0. The molecule has 6 heteroatoms. The highest BCUT2D eigenvalue weighted by molar-refractivity contribution is 5.71. The van der Waals surface area contributed by atoms with Crippen LogP contribution in [0.5, 0.6) is 0 Å². The molecule has 0 heterocycles. The highest BCUT2D eigenvalue weighted by atomic mass is 16.6. The van der Waals surface area contributed by atoms with Crippen molar-refractivity contribution in [2.24, 2.45) is 0 Å². The van der Waals surface area contributed by atoms with Crippen LogP contribution in [0.15, 0.2) is 97.2 Å². The van der Waals surface area contributed by atoms with Crippen LogP contribution >= 0.6 is 0 Å². The Morgan fingerprint density at radius 2 is 0.494 bits per heavy atom. The molecule has 1 unspecified atom stereocenters. The van der Waals surface area contributed by atoms with Crippen molar-refractivity contribution in [1.29, 1.82) is 0 Å². The van der Waals surface area contributed by atoms with E-state index in [1.165, 1.54) is 180 Å². The van der Waals surface area contributed by atoms with Gasteiger partial charge in [0.2, 0.25) is 0 Å². The van der Waals surface area contributed by atoms with Crippen molar-refractivity contribution in [2.75, 3.05) is 13.2 Å². The molecule has 0 aliphatic heterocycles. The van der Waals surface area contributed by atoms with Gasteiger partial charge in [0.25, 0.3) is 0 Å². The second kappa shape index (κ2) is 66.8. The molecule has 0 aromatic rings. The van der Waals surface area contributed by atoms with Crippen molar-refractivity contribution in [3.05, 3.63) is 97.2 Å². The fraction of sp³-hybridized carbons (Fsp3) is 0.740. The molecule has 0 N–H and O–H groups in total. The van der Waals surface area contributed by atoms with Crippen molar-refractivity contribution in [3.63, 3.8) is 0 Å². The fourth-order valence-corrected chi connectivity index (χ4v) is 9.54. The minimum absolute atomic E-state index is 0.0758. The summed E-state index contributed by atoms with van der Waals surface area (Å²) in [7, 11) is 0. The Balaban J connectivity index is 3.96. The highest BCUT2D eigenvalue weighted by Gasteiger charge is 2.19. The summed E-state index contributed by atoms with van der Waals surface area (Å²) in [5.74, 6) is -0.882. The number of carbonyl (C=O) groups is 3. The Morgan fingerprint density at radius 3 is 0.772 bits per heavy atom. The van der Waals surface area contributed by atoms with E-state index in [-0.39, 0.29) is 31.1 Å². The lowest BCUT2D eigenvalue weighted by Crippen LogP contribution is -2.30. The van der Waals surface area contributed by atoms with E-state index in [1.54, 1.807) is 0 Å². The van der Waals surface area contributed by atoms with E-state index in [2.05, 4.69) is 118 Å². The predicted octanol–water partition coefficient (Wildman–Crippen LogP) is 23.2. The molecule has 454 valence electrons. The summed E-state index contributed by atoms with van der Waals surface area (Å²) >= 11 is 0. The van der Waals surface area contributed by atoms with E-state index < -0.39 is 6.10 Å². The molecule has 0 saturated carbocycles. The van der Waals surface area contributed by atoms with Gasteiger partial charge in [-0.25, -0.2) is 0 Å². The summed E-state index contributed by atoms with van der Waals surface area (Å²) in [6, 6.07) is 0. The SMILES string of the molecule is CC/C=C\C/C=C\C/C=C\C/C=C\C/C=C\C/C=C\CCCCCCCCCCCCCCCCCCC(=O)OCC(COC(=O)CCCCCCC)OC(=O)CCCCCCCCCCC/C=C\C/C=C\CCCCCCC. The van der Waals surface area contributed by atoms with Crippen molar-refractivity contribution in [2.45, 2.75) is 335 Å².